The van der Waals surface area contributed by atoms with E-state index in [0.717, 1.165) is 6.42 Å². The summed E-state index contributed by atoms with van der Waals surface area (Å²) in [5.41, 5.74) is 5.63. The van der Waals surface area contributed by atoms with Gasteiger partial charge in [0.05, 0.1) is 0 Å². The van der Waals surface area contributed by atoms with Crippen LogP contribution < -0.4 is 0 Å². The van der Waals surface area contributed by atoms with Gasteiger partial charge in [-0.25, -0.2) is 0 Å². The normalized spacial score (nSPS) is 13.1. The van der Waals surface area contributed by atoms with Crippen LogP contribution in [0.1, 0.15) is 31.9 Å². The Hall–Kier alpha value is -1.30. The lowest BCUT2D eigenvalue weighted by Gasteiger charge is -2.07. The average molecular weight is 200 g/mol. The van der Waals surface area contributed by atoms with Crippen molar-refractivity contribution in [2.24, 2.45) is 0 Å². The fourth-order valence-corrected chi connectivity index (χ4v) is 1.63. The number of benzene rings is 1. The Morgan fingerprint density at radius 3 is 2.47 bits per heavy atom. The van der Waals surface area contributed by atoms with Gasteiger partial charge in [0.15, 0.2) is 0 Å². The Morgan fingerprint density at radius 1 is 1.20 bits per heavy atom. The van der Waals surface area contributed by atoms with Crippen molar-refractivity contribution in [1.82, 2.24) is 0 Å². The minimum atomic E-state index is 1.06. The van der Waals surface area contributed by atoms with Gasteiger partial charge in [0.1, 0.15) is 0 Å². The third kappa shape index (κ3) is 3.39. The third-order valence-corrected chi connectivity index (χ3v) is 2.81. The molecular formula is C15H20. The van der Waals surface area contributed by atoms with E-state index in [1.54, 1.807) is 0 Å². The smallest absolute Gasteiger partial charge is 0.00615 e. The first-order valence-corrected chi connectivity index (χ1v) is 5.48. The molecule has 0 atom stereocenters. The Bertz CT molecular complexity index is 381. The molecule has 0 nitrogen and oxygen atoms in total. The Labute approximate surface area is 93.3 Å². The summed E-state index contributed by atoms with van der Waals surface area (Å²) >= 11 is 0. The van der Waals surface area contributed by atoms with Gasteiger partial charge in [-0.1, -0.05) is 47.6 Å². The van der Waals surface area contributed by atoms with Crippen LogP contribution in [0.3, 0.4) is 0 Å². The zero-order chi connectivity index (χ0) is 11.3. The van der Waals surface area contributed by atoms with Crippen LogP contribution in [0.25, 0.3) is 0 Å². The van der Waals surface area contributed by atoms with E-state index in [0.29, 0.717) is 0 Å². The molecule has 0 aliphatic heterocycles. The summed E-state index contributed by atoms with van der Waals surface area (Å²) < 4.78 is 0. The maximum atomic E-state index is 2.21. The number of rotatable bonds is 3. The molecule has 0 aromatic heterocycles. The van der Waals surface area contributed by atoms with Crippen LogP contribution in [0, 0.1) is 6.92 Å². The molecule has 1 aromatic carbocycles. The summed E-state index contributed by atoms with van der Waals surface area (Å²) in [6, 6.07) is 8.59. The largest absolute Gasteiger partial charge is 0.0874 e. The fourth-order valence-electron chi connectivity index (χ4n) is 1.63. The Balaban J connectivity index is 2.87. The van der Waals surface area contributed by atoms with Crippen LogP contribution in [0.4, 0.5) is 0 Å². The van der Waals surface area contributed by atoms with Crippen molar-refractivity contribution >= 4 is 0 Å². The summed E-state index contributed by atoms with van der Waals surface area (Å²) in [7, 11) is 0. The van der Waals surface area contributed by atoms with Crippen molar-refractivity contribution < 1.29 is 0 Å². The highest BCUT2D eigenvalue weighted by atomic mass is 14.0. The highest BCUT2D eigenvalue weighted by Gasteiger charge is 1.99. The minimum Gasteiger partial charge on any atom is -0.0874 e. The van der Waals surface area contributed by atoms with E-state index in [2.05, 4.69) is 64.1 Å². The van der Waals surface area contributed by atoms with Crippen molar-refractivity contribution in [3.8, 4) is 0 Å². The molecule has 0 aliphatic rings. The second kappa shape index (κ2) is 5.55. The molecule has 0 bridgehead atoms. The summed E-state index contributed by atoms with van der Waals surface area (Å²) in [4.78, 5) is 0. The molecule has 0 fully saturated rings. The topological polar surface area (TPSA) is 0 Å². The van der Waals surface area contributed by atoms with Crippen molar-refractivity contribution in [1.29, 1.82) is 0 Å². The van der Waals surface area contributed by atoms with Crippen LogP contribution in [-0.2, 0) is 6.42 Å². The molecule has 0 amide bonds. The molecule has 0 N–H and O–H groups in total. The molecule has 1 aromatic rings. The van der Waals surface area contributed by atoms with Gasteiger partial charge < -0.3 is 0 Å². The van der Waals surface area contributed by atoms with E-state index < -0.39 is 0 Å². The summed E-state index contributed by atoms with van der Waals surface area (Å²) in [6.07, 6.45) is 5.33. The summed E-state index contributed by atoms with van der Waals surface area (Å²) in [6.45, 7) is 8.62. The van der Waals surface area contributed by atoms with Crippen molar-refractivity contribution in [3.05, 3.63) is 58.7 Å². The predicted octanol–water partition coefficient (Wildman–Crippen LogP) is 4.45. The van der Waals surface area contributed by atoms with E-state index in [-0.39, 0.29) is 0 Å². The van der Waals surface area contributed by atoms with Gasteiger partial charge in [0, 0.05) is 0 Å². The molecular weight excluding hydrogens is 180 g/mol. The molecule has 15 heavy (non-hydrogen) atoms. The standard InChI is InChI=1S/C15H20/c1-5-8-12(2)14(4)11-15-10-7-6-9-13(15)3/h5-10H,11H2,1-4H3/b8-5-,14-12+. The molecule has 0 heteroatoms. The monoisotopic (exact) mass is 200 g/mol. The van der Waals surface area contributed by atoms with Crippen LogP contribution >= 0.6 is 0 Å². The first kappa shape index (κ1) is 11.8. The molecule has 0 heterocycles. The second-order valence-electron chi connectivity index (χ2n) is 4.07. The van der Waals surface area contributed by atoms with Gasteiger partial charge >= 0.3 is 0 Å². The molecule has 0 saturated heterocycles. The lowest BCUT2D eigenvalue weighted by molar-refractivity contribution is 1.09. The molecule has 0 radical (unpaired) electrons. The van der Waals surface area contributed by atoms with Crippen molar-refractivity contribution in [3.63, 3.8) is 0 Å². The first-order valence-electron chi connectivity index (χ1n) is 5.48. The highest BCUT2D eigenvalue weighted by Crippen LogP contribution is 2.15. The van der Waals surface area contributed by atoms with Crippen LogP contribution in [0.5, 0.6) is 0 Å². The Morgan fingerprint density at radius 2 is 1.87 bits per heavy atom. The van der Waals surface area contributed by atoms with E-state index in [9.17, 15) is 0 Å². The molecule has 80 valence electrons. The Kier molecular flexibility index (Phi) is 4.36. The number of allylic oxidation sites excluding steroid dienone is 4. The third-order valence-electron chi connectivity index (χ3n) is 2.81. The molecule has 0 saturated carbocycles. The van der Waals surface area contributed by atoms with E-state index >= 15 is 0 Å². The first-order chi connectivity index (χ1) is 7.15. The predicted molar refractivity (Wildman–Crippen MR) is 68.1 cm³/mol. The van der Waals surface area contributed by atoms with Gasteiger partial charge in [-0.3, -0.25) is 0 Å². The van der Waals surface area contributed by atoms with Crippen LogP contribution in [0.15, 0.2) is 47.6 Å². The summed E-state index contributed by atoms with van der Waals surface area (Å²) in [5, 5.41) is 0. The molecule has 0 unspecified atom stereocenters. The SMILES string of the molecule is C/C=C\C(C)=C(/C)Cc1ccccc1C. The number of hydrogen-bond donors (Lipinski definition) is 0. The zero-order valence-corrected chi connectivity index (χ0v) is 10.2. The lowest BCUT2D eigenvalue weighted by atomic mass is 9.98. The van der Waals surface area contributed by atoms with Gasteiger partial charge in [-0.05, 0) is 45.2 Å². The van der Waals surface area contributed by atoms with Crippen molar-refractivity contribution in [2.45, 2.75) is 34.1 Å². The van der Waals surface area contributed by atoms with E-state index in [1.807, 2.05) is 0 Å². The second-order valence-corrected chi connectivity index (χ2v) is 4.07. The highest BCUT2D eigenvalue weighted by molar-refractivity contribution is 5.32. The molecule has 1 rings (SSSR count). The van der Waals surface area contributed by atoms with Gasteiger partial charge in [-0.15, -0.1) is 0 Å². The van der Waals surface area contributed by atoms with Crippen LogP contribution in [-0.4, -0.2) is 0 Å². The lowest BCUT2D eigenvalue weighted by Crippen LogP contribution is -1.92. The number of aryl methyl sites for hydroxylation is 1. The molecule has 0 spiro atoms. The average Bonchev–Trinajstić information content (AvgIpc) is 2.21. The quantitative estimate of drug-likeness (QED) is 0.632. The maximum Gasteiger partial charge on any atom is -0.00615 e. The minimum absolute atomic E-state index is 1.06. The van der Waals surface area contributed by atoms with Gasteiger partial charge in [0.2, 0.25) is 0 Å². The van der Waals surface area contributed by atoms with E-state index in [1.165, 1.54) is 22.3 Å². The van der Waals surface area contributed by atoms with Crippen LogP contribution in [0.2, 0.25) is 0 Å². The van der Waals surface area contributed by atoms with Crippen molar-refractivity contribution in [2.75, 3.05) is 0 Å². The zero-order valence-electron chi connectivity index (χ0n) is 10.2. The van der Waals surface area contributed by atoms with Gasteiger partial charge in [-0.2, -0.15) is 0 Å². The maximum absolute atomic E-state index is 2.21. The summed E-state index contributed by atoms with van der Waals surface area (Å²) in [5.74, 6) is 0. The van der Waals surface area contributed by atoms with Gasteiger partial charge in [0.25, 0.3) is 0 Å². The fraction of sp³-hybridized carbons (Fsp3) is 0.333. The molecule has 0 aliphatic carbocycles. The number of hydrogen-bond acceptors (Lipinski definition) is 0. The van der Waals surface area contributed by atoms with E-state index in [4.69, 9.17) is 0 Å².